The highest BCUT2D eigenvalue weighted by molar-refractivity contribution is 6.31. The lowest BCUT2D eigenvalue weighted by molar-refractivity contribution is -0.137. The molecule has 2 aliphatic heterocycles. The molecule has 2 fully saturated rings. The van der Waals surface area contributed by atoms with Gasteiger partial charge in [0.25, 0.3) is 11.8 Å². The number of nitrogens with zero attached hydrogens (tertiary/aromatic N) is 5. The van der Waals surface area contributed by atoms with Crippen LogP contribution in [-0.2, 0) is 14.3 Å². The average molecular weight is 841 g/mol. The molecule has 312 valence electrons. The van der Waals surface area contributed by atoms with Crippen molar-refractivity contribution < 1.29 is 29.0 Å². The Morgan fingerprint density at radius 1 is 0.738 bits per heavy atom. The summed E-state index contributed by atoms with van der Waals surface area (Å²) in [5.74, 6) is 0.751. The molecule has 4 heterocycles. The molecule has 4 N–H and O–H groups in total. The second-order valence-corrected chi connectivity index (χ2v) is 15.6. The minimum absolute atomic E-state index is 0.276. The van der Waals surface area contributed by atoms with Crippen LogP contribution in [0.4, 0.5) is 9.59 Å². The Labute approximate surface area is 357 Å². The van der Waals surface area contributed by atoms with Crippen molar-refractivity contribution in [1.29, 1.82) is 0 Å². The zero-order valence-corrected chi connectivity index (χ0v) is 34.4. The maximum absolute atomic E-state index is 14.0. The van der Waals surface area contributed by atoms with E-state index in [9.17, 15) is 24.3 Å². The standard InChI is InChI=1S/C46H45ClN8O6/c1-53(46(59)60)40(32-10-4-3-5-11-32)44(57)55-25-9-15-38(55)42-49-27-36(51-42)31-22-18-29(19-23-31)28-16-20-30(21-17-28)35-26-48-41(50-35)37-14-8-24-54(37)43(56)39(52-45(58)61-2)33-12-6-7-13-34(33)47/h3-7,10-13,16-23,26-27,37-40H,8-9,14-15,24-25H2,1-2H3,(H,48,50)(H,49,51)(H,52,58)(H,59,60)/t37?,38-,39?,40+/m0/s1. The number of halogens is 1. The predicted octanol–water partition coefficient (Wildman–Crippen LogP) is 8.56. The highest BCUT2D eigenvalue weighted by Gasteiger charge is 2.40. The molecule has 2 aliphatic rings. The smallest absolute Gasteiger partial charge is 0.407 e. The van der Waals surface area contributed by atoms with Crippen molar-refractivity contribution in [3.05, 3.63) is 143 Å². The molecule has 2 saturated heterocycles. The van der Waals surface area contributed by atoms with Crippen molar-refractivity contribution in [3.8, 4) is 33.6 Å². The number of methoxy groups -OCH3 is 1. The molecule has 15 heteroatoms. The Bertz CT molecular complexity index is 2530. The number of H-pyrrole nitrogens is 2. The van der Waals surface area contributed by atoms with Crippen molar-refractivity contribution in [2.45, 2.75) is 49.9 Å². The Kier molecular flexibility index (Phi) is 11.9. The van der Waals surface area contributed by atoms with Crippen LogP contribution in [0.2, 0.25) is 5.02 Å². The van der Waals surface area contributed by atoms with Crippen LogP contribution in [0.3, 0.4) is 0 Å². The van der Waals surface area contributed by atoms with E-state index in [1.807, 2.05) is 54.6 Å². The van der Waals surface area contributed by atoms with Crippen molar-refractivity contribution >= 4 is 35.6 Å². The van der Waals surface area contributed by atoms with Gasteiger partial charge < -0.3 is 34.9 Å². The number of hydrogen-bond donors (Lipinski definition) is 4. The molecular weight excluding hydrogens is 796 g/mol. The van der Waals surface area contributed by atoms with Gasteiger partial charge in [0.05, 0.1) is 43.0 Å². The van der Waals surface area contributed by atoms with E-state index in [2.05, 4.69) is 25.3 Å². The number of likely N-dealkylation sites (tertiary alicyclic amines) is 2. The number of carbonyl (C=O) groups is 4. The van der Waals surface area contributed by atoms with E-state index in [-0.39, 0.29) is 23.9 Å². The Morgan fingerprint density at radius 2 is 1.23 bits per heavy atom. The maximum atomic E-state index is 14.0. The van der Waals surface area contributed by atoms with E-state index in [4.69, 9.17) is 16.3 Å². The zero-order valence-electron chi connectivity index (χ0n) is 33.6. The van der Waals surface area contributed by atoms with Crippen LogP contribution >= 0.6 is 11.6 Å². The molecule has 4 aromatic carbocycles. The van der Waals surface area contributed by atoms with Crippen LogP contribution in [0.1, 0.15) is 72.6 Å². The van der Waals surface area contributed by atoms with Gasteiger partial charge in [-0.15, -0.1) is 0 Å². The molecule has 0 saturated carbocycles. The van der Waals surface area contributed by atoms with E-state index in [0.29, 0.717) is 53.7 Å². The minimum atomic E-state index is -1.18. The minimum Gasteiger partial charge on any atom is -0.465 e. The Morgan fingerprint density at radius 3 is 1.74 bits per heavy atom. The van der Waals surface area contributed by atoms with Crippen molar-refractivity contribution in [1.82, 2.24) is 40.0 Å². The number of aromatic nitrogens is 4. The number of nitrogens with one attached hydrogen (secondary N) is 3. The summed E-state index contributed by atoms with van der Waals surface area (Å²) in [6, 6.07) is 29.6. The summed E-state index contributed by atoms with van der Waals surface area (Å²) >= 11 is 6.46. The number of amides is 4. The monoisotopic (exact) mass is 840 g/mol. The van der Waals surface area contributed by atoms with Crippen LogP contribution in [0.25, 0.3) is 33.6 Å². The first kappa shape index (κ1) is 40.8. The largest absolute Gasteiger partial charge is 0.465 e. The van der Waals surface area contributed by atoms with Gasteiger partial charge in [0, 0.05) is 30.7 Å². The summed E-state index contributed by atoms with van der Waals surface area (Å²) < 4.78 is 4.82. The lowest BCUT2D eigenvalue weighted by Crippen LogP contribution is -2.43. The first-order valence-corrected chi connectivity index (χ1v) is 20.5. The molecule has 61 heavy (non-hydrogen) atoms. The molecule has 4 amide bonds. The first-order valence-electron chi connectivity index (χ1n) is 20.1. The number of likely N-dealkylation sites (N-methyl/N-ethyl adjacent to an activating group) is 1. The summed E-state index contributed by atoms with van der Waals surface area (Å²) in [6.07, 6.45) is 4.62. The number of alkyl carbamates (subject to hydrolysis) is 1. The molecular formula is C46H45ClN8O6. The number of carbonyl (C=O) groups excluding carboxylic acids is 3. The fourth-order valence-corrected chi connectivity index (χ4v) is 8.62. The quantitative estimate of drug-likeness (QED) is 0.100. The number of benzene rings is 4. The number of imidazole rings is 2. The van der Waals surface area contributed by atoms with Gasteiger partial charge >= 0.3 is 12.2 Å². The average Bonchev–Trinajstić information content (AvgIpc) is 4.14. The number of ether oxygens (including phenoxy) is 1. The highest BCUT2D eigenvalue weighted by atomic mass is 35.5. The summed E-state index contributed by atoms with van der Waals surface area (Å²) in [7, 11) is 2.67. The van der Waals surface area contributed by atoms with Gasteiger partial charge in [-0.3, -0.25) is 14.5 Å². The highest BCUT2D eigenvalue weighted by Crippen LogP contribution is 2.37. The van der Waals surface area contributed by atoms with E-state index >= 15 is 0 Å². The third-order valence-corrected chi connectivity index (χ3v) is 11.9. The maximum Gasteiger partial charge on any atom is 0.407 e. The predicted molar refractivity (Wildman–Crippen MR) is 229 cm³/mol. The third-order valence-electron chi connectivity index (χ3n) is 11.6. The molecule has 0 radical (unpaired) electrons. The normalized spacial score (nSPS) is 17.2. The van der Waals surface area contributed by atoms with Crippen LogP contribution in [0.15, 0.2) is 116 Å². The summed E-state index contributed by atoms with van der Waals surface area (Å²) in [5, 5.41) is 12.8. The van der Waals surface area contributed by atoms with Gasteiger partial charge in [0.1, 0.15) is 23.7 Å². The lowest BCUT2D eigenvalue weighted by Gasteiger charge is -2.32. The summed E-state index contributed by atoms with van der Waals surface area (Å²) in [4.78, 5) is 73.0. The number of aromatic amines is 2. The van der Waals surface area contributed by atoms with Crippen molar-refractivity contribution in [3.63, 3.8) is 0 Å². The van der Waals surface area contributed by atoms with E-state index in [0.717, 1.165) is 51.4 Å². The second-order valence-electron chi connectivity index (χ2n) is 15.2. The molecule has 0 spiro atoms. The molecule has 6 aromatic rings. The van der Waals surface area contributed by atoms with Gasteiger partial charge in [-0.25, -0.2) is 19.6 Å². The van der Waals surface area contributed by atoms with E-state index in [1.54, 1.807) is 70.7 Å². The molecule has 2 aromatic heterocycles. The lowest BCUT2D eigenvalue weighted by atomic mass is 10.0. The van der Waals surface area contributed by atoms with E-state index < -0.39 is 24.3 Å². The molecule has 4 atom stereocenters. The number of rotatable bonds is 11. The van der Waals surface area contributed by atoms with Crippen LogP contribution < -0.4 is 5.32 Å². The molecule has 0 bridgehead atoms. The van der Waals surface area contributed by atoms with Gasteiger partial charge in [-0.2, -0.15) is 0 Å². The number of hydrogen-bond acceptors (Lipinski definition) is 7. The van der Waals surface area contributed by atoms with Gasteiger partial charge in [0.2, 0.25) is 0 Å². The second kappa shape index (κ2) is 17.7. The molecule has 2 unspecified atom stereocenters. The van der Waals surface area contributed by atoms with Gasteiger partial charge in [-0.05, 0) is 59.6 Å². The van der Waals surface area contributed by atoms with Crippen LogP contribution in [0.5, 0.6) is 0 Å². The van der Waals surface area contributed by atoms with E-state index in [1.165, 1.54) is 14.2 Å². The Balaban J connectivity index is 0.937. The first-order chi connectivity index (χ1) is 29.6. The van der Waals surface area contributed by atoms with Crippen LogP contribution in [0, 0.1) is 0 Å². The molecule has 0 aliphatic carbocycles. The van der Waals surface area contributed by atoms with Crippen molar-refractivity contribution in [2.75, 3.05) is 27.2 Å². The summed E-state index contributed by atoms with van der Waals surface area (Å²) in [6.45, 7) is 1.01. The van der Waals surface area contributed by atoms with Crippen molar-refractivity contribution in [2.24, 2.45) is 0 Å². The fourth-order valence-electron chi connectivity index (χ4n) is 8.38. The zero-order chi connectivity index (χ0) is 42.6. The van der Waals surface area contributed by atoms with Gasteiger partial charge in [0.15, 0.2) is 0 Å². The number of carboxylic acid groups (broad SMARTS) is 1. The summed E-state index contributed by atoms with van der Waals surface area (Å²) in [5.41, 5.74) is 6.65. The fraction of sp³-hybridized carbons (Fsp3) is 0.261. The topological polar surface area (TPSA) is 177 Å². The third kappa shape index (κ3) is 8.44. The SMILES string of the molecule is COC(=O)NC(C(=O)N1CCCC1c1ncc(-c2ccc(-c3ccc(-c4cnc([C@@H]5CCCN5C(=O)[C@@H](c5ccccc5)N(C)C(=O)O)[nH]4)cc3)cc2)[nH]1)c1ccccc1Cl. The molecule has 8 rings (SSSR count). The molecule has 14 nitrogen and oxygen atoms in total. The Hall–Kier alpha value is -6.93. The van der Waals surface area contributed by atoms with Gasteiger partial charge in [-0.1, -0.05) is 109 Å². The van der Waals surface area contributed by atoms with Crippen LogP contribution in [-0.4, -0.2) is 91.0 Å².